The van der Waals surface area contributed by atoms with Crippen molar-refractivity contribution in [3.05, 3.63) is 34.3 Å². The minimum Gasteiger partial charge on any atom is -0.389 e. The summed E-state index contributed by atoms with van der Waals surface area (Å²) in [6, 6.07) is 4.52. The van der Waals surface area contributed by atoms with Crippen LogP contribution in [0.15, 0.2) is 18.2 Å². The van der Waals surface area contributed by atoms with E-state index in [0.717, 1.165) is 0 Å². The number of halogens is 1. The Morgan fingerprint density at radius 1 is 1.47 bits per heavy atom. The van der Waals surface area contributed by atoms with Crippen molar-refractivity contribution in [2.75, 3.05) is 5.75 Å². The van der Waals surface area contributed by atoms with Gasteiger partial charge in [-0.1, -0.05) is 17.7 Å². The van der Waals surface area contributed by atoms with Gasteiger partial charge in [-0.3, -0.25) is 4.79 Å². The van der Waals surface area contributed by atoms with Crippen LogP contribution in [0.5, 0.6) is 0 Å². The molecule has 0 saturated heterocycles. The van der Waals surface area contributed by atoms with Crippen LogP contribution in [0, 0.1) is 0 Å². The van der Waals surface area contributed by atoms with E-state index in [-0.39, 0.29) is 5.75 Å². The fourth-order valence-corrected chi connectivity index (χ4v) is 1.52. The van der Waals surface area contributed by atoms with Gasteiger partial charge in [-0.05, 0) is 17.7 Å². The van der Waals surface area contributed by atoms with Gasteiger partial charge >= 0.3 is 0 Å². The second-order valence-corrected chi connectivity index (χ2v) is 3.87. The second-order valence-electron chi connectivity index (χ2n) is 3.09. The van der Waals surface area contributed by atoms with Crippen molar-refractivity contribution in [3.63, 3.8) is 0 Å². The molecule has 0 radical (unpaired) electrons. The molecule has 0 amide bonds. The third kappa shape index (κ3) is 2.95. The number of benzene rings is 1. The first-order valence-corrected chi connectivity index (χ1v) is 5.32. The van der Waals surface area contributed by atoms with E-state index in [2.05, 4.69) is 12.6 Å². The second kappa shape index (κ2) is 5.51. The van der Waals surface area contributed by atoms with E-state index in [1.165, 1.54) is 12.1 Å². The highest BCUT2D eigenvalue weighted by molar-refractivity contribution is 7.80. The van der Waals surface area contributed by atoms with E-state index in [4.69, 9.17) is 11.6 Å². The quantitative estimate of drug-likeness (QED) is 0.557. The fourth-order valence-electron chi connectivity index (χ4n) is 1.16. The molecular weight excluding hydrogens is 236 g/mol. The van der Waals surface area contributed by atoms with Crippen LogP contribution in [0.4, 0.5) is 0 Å². The summed E-state index contributed by atoms with van der Waals surface area (Å²) in [7, 11) is 0. The number of aldehydes is 1. The number of aliphatic hydroxyl groups excluding tert-OH is 2. The van der Waals surface area contributed by atoms with Gasteiger partial charge < -0.3 is 10.2 Å². The van der Waals surface area contributed by atoms with E-state index in [1.54, 1.807) is 6.07 Å². The molecule has 82 valence electrons. The predicted octanol–water partition coefficient (Wildman–Crippen LogP) is 1.48. The van der Waals surface area contributed by atoms with Crippen molar-refractivity contribution >= 4 is 30.5 Å². The van der Waals surface area contributed by atoms with Crippen LogP contribution >= 0.6 is 24.2 Å². The molecule has 0 aliphatic carbocycles. The van der Waals surface area contributed by atoms with Gasteiger partial charge in [-0.2, -0.15) is 12.6 Å². The molecule has 0 aliphatic heterocycles. The molecule has 0 saturated carbocycles. The lowest BCUT2D eigenvalue weighted by molar-refractivity contribution is 0.0337. The topological polar surface area (TPSA) is 57.5 Å². The SMILES string of the molecule is O=Cc1cc(C(O)C(O)CS)ccc1Cl. The molecule has 2 N–H and O–H groups in total. The molecule has 2 atom stereocenters. The highest BCUT2D eigenvalue weighted by Gasteiger charge is 2.17. The molecule has 15 heavy (non-hydrogen) atoms. The lowest BCUT2D eigenvalue weighted by atomic mass is 10.0. The van der Waals surface area contributed by atoms with Crippen molar-refractivity contribution in [1.82, 2.24) is 0 Å². The molecule has 1 rings (SSSR count). The Balaban J connectivity index is 3.00. The molecule has 0 fully saturated rings. The van der Waals surface area contributed by atoms with Crippen LogP contribution in [0.25, 0.3) is 0 Å². The normalized spacial score (nSPS) is 14.7. The zero-order chi connectivity index (χ0) is 11.4. The van der Waals surface area contributed by atoms with Gasteiger partial charge in [-0.15, -0.1) is 0 Å². The molecular formula is C10H11ClO3S. The summed E-state index contributed by atoms with van der Waals surface area (Å²) in [5, 5.41) is 19.3. The van der Waals surface area contributed by atoms with Gasteiger partial charge in [-0.25, -0.2) is 0 Å². The Morgan fingerprint density at radius 3 is 2.67 bits per heavy atom. The zero-order valence-electron chi connectivity index (χ0n) is 7.80. The average Bonchev–Trinajstić information content (AvgIpc) is 2.27. The maximum Gasteiger partial charge on any atom is 0.151 e. The summed E-state index contributed by atoms with van der Waals surface area (Å²) < 4.78 is 0. The molecule has 0 spiro atoms. The minimum atomic E-state index is -1.06. The van der Waals surface area contributed by atoms with Gasteiger partial charge in [0.15, 0.2) is 6.29 Å². The zero-order valence-corrected chi connectivity index (χ0v) is 9.45. The highest BCUT2D eigenvalue weighted by atomic mass is 35.5. The predicted molar refractivity (Wildman–Crippen MR) is 61.7 cm³/mol. The highest BCUT2D eigenvalue weighted by Crippen LogP contribution is 2.22. The Kier molecular flexibility index (Phi) is 4.60. The van der Waals surface area contributed by atoms with Gasteiger partial charge in [0.1, 0.15) is 6.10 Å². The Bertz CT molecular complexity index is 357. The molecule has 0 bridgehead atoms. The van der Waals surface area contributed by atoms with Crippen LogP contribution in [-0.2, 0) is 0 Å². The minimum absolute atomic E-state index is 0.139. The summed E-state index contributed by atoms with van der Waals surface area (Å²) in [4.78, 5) is 10.6. The molecule has 0 aromatic heterocycles. The third-order valence-electron chi connectivity index (χ3n) is 2.04. The fraction of sp³-hybridized carbons (Fsp3) is 0.300. The number of carbonyl (C=O) groups excluding carboxylic acids is 1. The van der Waals surface area contributed by atoms with Crippen LogP contribution in [0.1, 0.15) is 22.0 Å². The van der Waals surface area contributed by atoms with Crippen molar-refractivity contribution in [2.45, 2.75) is 12.2 Å². The van der Waals surface area contributed by atoms with Crippen LogP contribution in [-0.4, -0.2) is 28.4 Å². The smallest absolute Gasteiger partial charge is 0.151 e. The summed E-state index contributed by atoms with van der Waals surface area (Å²) in [5.41, 5.74) is 0.739. The lowest BCUT2D eigenvalue weighted by Gasteiger charge is -2.16. The Labute approximate surface area is 98.1 Å². The number of hydrogen-bond donors (Lipinski definition) is 3. The lowest BCUT2D eigenvalue weighted by Crippen LogP contribution is -2.19. The van der Waals surface area contributed by atoms with Crippen LogP contribution in [0.3, 0.4) is 0 Å². The summed E-state index contributed by atoms with van der Waals surface area (Å²) in [6.45, 7) is 0. The van der Waals surface area contributed by atoms with Crippen molar-refractivity contribution < 1.29 is 15.0 Å². The molecule has 5 heteroatoms. The summed E-state index contributed by atoms with van der Waals surface area (Å²) >= 11 is 9.59. The largest absolute Gasteiger partial charge is 0.389 e. The number of thiol groups is 1. The van der Waals surface area contributed by atoms with Gasteiger partial charge in [0.05, 0.1) is 11.1 Å². The van der Waals surface area contributed by atoms with Crippen LogP contribution < -0.4 is 0 Å². The van der Waals surface area contributed by atoms with Crippen molar-refractivity contribution in [3.8, 4) is 0 Å². The molecule has 2 unspecified atom stereocenters. The van der Waals surface area contributed by atoms with Gasteiger partial charge in [0, 0.05) is 11.3 Å². The van der Waals surface area contributed by atoms with E-state index < -0.39 is 12.2 Å². The Morgan fingerprint density at radius 2 is 2.13 bits per heavy atom. The van der Waals surface area contributed by atoms with E-state index in [1.807, 2.05) is 0 Å². The monoisotopic (exact) mass is 246 g/mol. The molecule has 0 aliphatic rings. The van der Waals surface area contributed by atoms with E-state index >= 15 is 0 Å². The van der Waals surface area contributed by atoms with E-state index in [9.17, 15) is 15.0 Å². The number of hydrogen-bond acceptors (Lipinski definition) is 4. The number of aliphatic hydroxyl groups is 2. The summed E-state index contributed by atoms with van der Waals surface area (Å²) in [6.07, 6.45) is -1.42. The molecule has 3 nitrogen and oxygen atoms in total. The molecule has 1 aromatic carbocycles. The first kappa shape index (κ1) is 12.5. The van der Waals surface area contributed by atoms with Crippen LogP contribution in [0.2, 0.25) is 5.02 Å². The first-order valence-electron chi connectivity index (χ1n) is 4.31. The summed E-state index contributed by atoms with van der Waals surface area (Å²) in [5.74, 6) is 0.139. The maximum atomic E-state index is 10.6. The van der Waals surface area contributed by atoms with Crippen molar-refractivity contribution in [2.24, 2.45) is 0 Å². The van der Waals surface area contributed by atoms with Crippen molar-refractivity contribution in [1.29, 1.82) is 0 Å². The standard InChI is InChI=1S/C10H11ClO3S/c11-8-2-1-6(3-7(8)4-12)10(14)9(13)5-15/h1-4,9-10,13-15H,5H2. The van der Waals surface area contributed by atoms with Gasteiger partial charge in [0.2, 0.25) is 0 Å². The molecule has 0 heterocycles. The number of rotatable bonds is 4. The maximum absolute atomic E-state index is 10.6. The number of carbonyl (C=O) groups is 1. The van der Waals surface area contributed by atoms with E-state index in [0.29, 0.717) is 22.4 Å². The third-order valence-corrected chi connectivity index (χ3v) is 2.76. The van der Waals surface area contributed by atoms with Gasteiger partial charge in [0.25, 0.3) is 0 Å². The average molecular weight is 247 g/mol. The Hall–Kier alpha value is -0.550. The molecule has 1 aromatic rings. The first-order chi connectivity index (χ1) is 7.10.